The number of nitrogens with one attached hydrogen (secondary N) is 2. The van der Waals surface area contributed by atoms with Crippen molar-refractivity contribution in [2.45, 2.75) is 43.7 Å². The molecule has 4 aromatic rings. The summed E-state index contributed by atoms with van der Waals surface area (Å²) in [6.07, 6.45) is 11.8. The molecule has 3 aliphatic heterocycles. The average molecular weight is 778 g/mol. The highest BCUT2D eigenvalue weighted by Crippen LogP contribution is 2.43. The maximum absolute atomic E-state index is 13.5. The fraction of sp³-hybridized carbons (Fsp3) is 0.472. The Kier molecular flexibility index (Phi) is 10.5. The molecule has 15 heteroatoms. The number of benzene rings is 2. The van der Waals surface area contributed by atoms with E-state index in [1.54, 1.807) is 39.0 Å². The van der Waals surface area contributed by atoms with Gasteiger partial charge in [-0.25, -0.2) is 4.98 Å². The number of rotatable bonds is 10. The smallest absolute Gasteiger partial charge is 0.229 e. The van der Waals surface area contributed by atoms with Gasteiger partial charge in [0.05, 0.1) is 39.9 Å². The number of halogens is 1. The quantitative estimate of drug-likeness (QED) is 0.183. The molecule has 0 bridgehead atoms. The number of likely N-dealkylation sites (N-methyl/N-ethyl adjacent to an activating group) is 1. The van der Waals surface area contributed by atoms with E-state index in [0.29, 0.717) is 56.2 Å². The first-order valence-electron chi connectivity index (χ1n) is 17.5. The lowest BCUT2D eigenvalue weighted by atomic mass is 9.94. The van der Waals surface area contributed by atoms with Crippen molar-refractivity contribution in [3.8, 4) is 5.75 Å². The highest BCUT2D eigenvalue weighted by molar-refractivity contribution is 9.10. The Morgan fingerprint density at radius 2 is 1.71 bits per heavy atom. The molecule has 0 saturated carbocycles. The van der Waals surface area contributed by atoms with Gasteiger partial charge in [-0.05, 0) is 78.7 Å². The average Bonchev–Trinajstić information content (AvgIpc) is 3.58. The normalized spacial score (nSPS) is 19.2. The molecule has 2 saturated heterocycles. The van der Waals surface area contributed by atoms with Gasteiger partial charge in [-0.1, -0.05) is 0 Å². The first kappa shape index (κ1) is 35.6. The van der Waals surface area contributed by atoms with Gasteiger partial charge in [-0.3, -0.25) is 15.0 Å². The number of ether oxygens (including phenoxy) is 2. The summed E-state index contributed by atoms with van der Waals surface area (Å²) < 4.78 is 25.8. The topological polar surface area (TPSA) is 133 Å². The van der Waals surface area contributed by atoms with E-state index in [-0.39, 0.29) is 5.92 Å². The van der Waals surface area contributed by atoms with Crippen molar-refractivity contribution in [1.82, 2.24) is 29.8 Å². The molecule has 2 aromatic carbocycles. The summed E-state index contributed by atoms with van der Waals surface area (Å²) in [6.45, 7) is 8.44. The van der Waals surface area contributed by atoms with Crippen LogP contribution in [0, 0.1) is 0 Å². The van der Waals surface area contributed by atoms with Crippen LogP contribution in [0.5, 0.6) is 5.75 Å². The van der Waals surface area contributed by atoms with Crippen molar-refractivity contribution in [1.29, 1.82) is 0 Å². The Balaban J connectivity index is 1.16. The molecular formula is C36H46BrN10O3P. The first-order valence-corrected chi connectivity index (χ1v) is 20.9. The highest BCUT2D eigenvalue weighted by Gasteiger charge is 2.31. The number of anilines is 5. The Bertz CT molecular complexity index is 1960. The van der Waals surface area contributed by atoms with E-state index in [0.717, 1.165) is 64.1 Å². The molecule has 1 atom stereocenters. The molecular weight excluding hydrogens is 731 g/mol. The van der Waals surface area contributed by atoms with Gasteiger partial charge in [0.25, 0.3) is 0 Å². The van der Waals surface area contributed by atoms with E-state index in [1.807, 2.05) is 37.5 Å². The summed E-state index contributed by atoms with van der Waals surface area (Å²) in [6, 6.07) is 8.64. The van der Waals surface area contributed by atoms with Crippen LogP contribution in [0.25, 0.3) is 11.0 Å². The molecule has 0 amide bonds. The number of methoxy groups -OCH3 is 2. The third-order valence-corrected chi connectivity index (χ3v) is 12.3. The van der Waals surface area contributed by atoms with E-state index < -0.39 is 7.14 Å². The van der Waals surface area contributed by atoms with Gasteiger partial charge in [-0.2, -0.15) is 10.1 Å². The van der Waals surface area contributed by atoms with Crippen LogP contribution in [-0.2, 0) is 9.30 Å². The van der Waals surface area contributed by atoms with Crippen LogP contribution in [0.4, 0.5) is 28.8 Å². The number of hydrazone groups is 1. The minimum Gasteiger partial charge on any atom is -0.494 e. The van der Waals surface area contributed by atoms with Crippen LogP contribution in [0.2, 0.25) is 0 Å². The van der Waals surface area contributed by atoms with Crippen LogP contribution < -0.4 is 25.6 Å². The van der Waals surface area contributed by atoms with E-state index >= 15 is 0 Å². The van der Waals surface area contributed by atoms with Gasteiger partial charge in [0.15, 0.2) is 0 Å². The molecule has 0 aliphatic carbocycles. The number of hydrogen-bond donors (Lipinski definition) is 2. The van der Waals surface area contributed by atoms with Crippen LogP contribution in [0.1, 0.15) is 37.2 Å². The summed E-state index contributed by atoms with van der Waals surface area (Å²) >= 11 is 3.61. The highest BCUT2D eigenvalue weighted by atomic mass is 79.9. The van der Waals surface area contributed by atoms with Gasteiger partial charge >= 0.3 is 0 Å². The molecule has 2 fully saturated rings. The minimum absolute atomic E-state index is 0.124. The standard InChI is InChI=1S/C36H46BrN10O3P/c1-45-22-23(20-41-45)26-18-30(32(50-3)19-31(26)47-14-8-24(9-15-47)46-16-10-25(49-2)11-17-46)43-36-40-21-27(37)35(44-36)42-29-7-6-28-33(39-13-12-38-28)34(29)51(4,5)48/h6-7,12-13,18-21,23-25H,8-11,14-17,22H2,1-5H3,(H2,40,42,43,44). The molecule has 7 rings (SSSR count). The molecule has 2 aromatic heterocycles. The second-order valence-electron chi connectivity index (χ2n) is 13.9. The van der Waals surface area contributed by atoms with Gasteiger partial charge in [0.1, 0.15) is 24.2 Å². The lowest BCUT2D eigenvalue weighted by Crippen LogP contribution is -2.48. The largest absolute Gasteiger partial charge is 0.494 e. The first-order chi connectivity index (χ1) is 24.6. The van der Waals surface area contributed by atoms with Crippen molar-refractivity contribution in [2.24, 2.45) is 5.10 Å². The second kappa shape index (κ2) is 15.0. The molecule has 0 spiro atoms. The lowest BCUT2D eigenvalue weighted by Gasteiger charge is -2.42. The number of aromatic nitrogens is 4. The second-order valence-corrected chi connectivity index (χ2v) is 17.9. The van der Waals surface area contributed by atoms with Crippen LogP contribution in [0.3, 0.4) is 0 Å². The number of nitrogens with zero attached hydrogens (tertiary/aromatic N) is 8. The summed E-state index contributed by atoms with van der Waals surface area (Å²) in [7, 11) is 2.76. The van der Waals surface area contributed by atoms with Crippen molar-refractivity contribution in [2.75, 3.05) is 82.9 Å². The summed E-state index contributed by atoms with van der Waals surface area (Å²) in [4.78, 5) is 23.5. The fourth-order valence-corrected chi connectivity index (χ4v) is 9.24. The third-order valence-electron chi connectivity index (χ3n) is 10.2. The maximum atomic E-state index is 13.5. The number of fused-ring (bicyclic) bond motifs is 1. The van der Waals surface area contributed by atoms with Gasteiger partial charge in [0, 0.05) is 95.4 Å². The summed E-state index contributed by atoms with van der Waals surface area (Å²) in [5.41, 5.74) is 5.06. The van der Waals surface area contributed by atoms with Gasteiger partial charge < -0.3 is 34.5 Å². The van der Waals surface area contributed by atoms with E-state index in [2.05, 4.69) is 68.5 Å². The zero-order valence-corrected chi connectivity index (χ0v) is 32.3. The van der Waals surface area contributed by atoms with Crippen LogP contribution in [0.15, 0.2) is 52.4 Å². The maximum Gasteiger partial charge on any atom is 0.229 e. The number of piperidine rings is 2. The van der Waals surface area contributed by atoms with E-state index in [4.69, 9.17) is 14.5 Å². The Labute approximate surface area is 307 Å². The lowest BCUT2D eigenvalue weighted by molar-refractivity contribution is 0.0233. The minimum atomic E-state index is -2.76. The molecule has 51 heavy (non-hydrogen) atoms. The Morgan fingerprint density at radius 1 is 0.941 bits per heavy atom. The number of likely N-dealkylation sites (tertiary alicyclic amines) is 1. The zero-order chi connectivity index (χ0) is 35.7. The Morgan fingerprint density at radius 3 is 2.39 bits per heavy atom. The fourth-order valence-electron chi connectivity index (χ4n) is 7.55. The molecule has 1 unspecified atom stereocenters. The molecule has 2 N–H and O–H groups in total. The van der Waals surface area contributed by atoms with Crippen molar-refractivity contribution in [3.05, 3.63) is 52.9 Å². The van der Waals surface area contributed by atoms with Crippen molar-refractivity contribution in [3.63, 3.8) is 0 Å². The molecule has 0 radical (unpaired) electrons. The third kappa shape index (κ3) is 7.69. The molecule has 3 aliphatic rings. The van der Waals surface area contributed by atoms with Crippen molar-refractivity contribution < 1.29 is 14.0 Å². The van der Waals surface area contributed by atoms with Gasteiger partial charge in [-0.15, -0.1) is 0 Å². The van der Waals surface area contributed by atoms with E-state index in [9.17, 15) is 4.57 Å². The monoisotopic (exact) mass is 776 g/mol. The Hall–Kier alpha value is -3.84. The molecule has 13 nitrogen and oxygen atoms in total. The summed E-state index contributed by atoms with van der Waals surface area (Å²) in [5.74, 6) is 1.72. The van der Waals surface area contributed by atoms with Gasteiger partial charge in [0.2, 0.25) is 5.95 Å². The zero-order valence-electron chi connectivity index (χ0n) is 29.8. The number of hydrogen-bond acceptors (Lipinski definition) is 13. The molecule has 5 heterocycles. The SMILES string of the molecule is COc1cc(N2CCC(N3CCC(OC)CC3)CC2)c(C2C=NN(C)C2)cc1Nc1ncc(Br)c(Nc2ccc3nccnc3c2P(C)(C)=O)n1. The summed E-state index contributed by atoms with van der Waals surface area (Å²) in [5, 5.41) is 14.0. The van der Waals surface area contributed by atoms with E-state index in [1.165, 1.54) is 11.3 Å². The molecule has 270 valence electrons. The predicted molar refractivity (Wildman–Crippen MR) is 209 cm³/mol. The predicted octanol–water partition coefficient (Wildman–Crippen LogP) is 6.02. The van der Waals surface area contributed by atoms with Crippen LogP contribution in [-0.4, -0.2) is 116 Å². The van der Waals surface area contributed by atoms with Crippen molar-refractivity contribution >= 4 is 74.5 Å². The van der Waals surface area contributed by atoms with Crippen LogP contribution >= 0.6 is 23.1 Å².